The molecule has 0 saturated heterocycles. The zero-order chi connectivity index (χ0) is 20.7. The molecule has 0 aromatic heterocycles. The van der Waals surface area contributed by atoms with Gasteiger partial charge >= 0.3 is 0 Å². The predicted molar refractivity (Wildman–Crippen MR) is 110 cm³/mol. The van der Waals surface area contributed by atoms with Gasteiger partial charge in [0.05, 0.1) is 11.6 Å². The van der Waals surface area contributed by atoms with E-state index >= 15 is 0 Å². The molecule has 0 atom stereocenters. The van der Waals surface area contributed by atoms with Crippen molar-refractivity contribution in [2.45, 2.75) is 20.3 Å². The monoisotopic (exact) mass is 447 g/mol. The van der Waals surface area contributed by atoms with E-state index < -0.39 is 11.8 Å². The van der Waals surface area contributed by atoms with E-state index in [1.165, 1.54) is 7.11 Å². The molecule has 7 nitrogen and oxygen atoms in total. The fourth-order valence-corrected chi connectivity index (χ4v) is 2.89. The number of amides is 3. The Labute approximate surface area is 171 Å². The molecule has 8 heteroatoms. The number of hydrazine groups is 1. The fraction of sp³-hybridized carbons (Fsp3) is 0.250. The Balaban J connectivity index is 1.91. The highest BCUT2D eigenvalue weighted by Gasteiger charge is 2.12. The summed E-state index contributed by atoms with van der Waals surface area (Å²) in [6.07, 6.45) is 0.426. The minimum Gasteiger partial charge on any atom is -0.496 e. The molecule has 0 spiro atoms. The van der Waals surface area contributed by atoms with Gasteiger partial charge in [-0.15, -0.1) is 0 Å². The van der Waals surface area contributed by atoms with Gasteiger partial charge in [-0.2, -0.15) is 0 Å². The zero-order valence-electron chi connectivity index (χ0n) is 15.8. The SMILES string of the molecule is COc1ccc(C(=O)NNC(=O)c2ccc(NC(=O)CC(C)C)cc2)cc1Br. The summed E-state index contributed by atoms with van der Waals surface area (Å²) >= 11 is 3.31. The summed E-state index contributed by atoms with van der Waals surface area (Å²) in [6.45, 7) is 3.93. The normalized spacial score (nSPS) is 10.3. The van der Waals surface area contributed by atoms with E-state index in [-0.39, 0.29) is 11.8 Å². The van der Waals surface area contributed by atoms with Gasteiger partial charge in [0.2, 0.25) is 5.91 Å². The van der Waals surface area contributed by atoms with Crippen LogP contribution in [0, 0.1) is 5.92 Å². The molecule has 2 aromatic rings. The molecule has 3 amide bonds. The third-order valence-corrected chi connectivity index (χ3v) is 4.35. The van der Waals surface area contributed by atoms with Gasteiger partial charge in [0.1, 0.15) is 5.75 Å². The van der Waals surface area contributed by atoms with Gasteiger partial charge in [-0.3, -0.25) is 25.2 Å². The molecule has 0 saturated carbocycles. The molecule has 0 unspecified atom stereocenters. The largest absolute Gasteiger partial charge is 0.496 e. The van der Waals surface area contributed by atoms with Crippen LogP contribution in [-0.2, 0) is 4.79 Å². The maximum atomic E-state index is 12.2. The Kier molecular flexibility index (Phi) is 7.57. The van der Waals surface area contributed by atoms with Crippen molar-refractivity contribution >= 4 is 39.3 Å². The lowest BCUT2D eigenvalue weighted by Crippen LogP contribution is -2.41. The molecule has 28 heavy (non-hydrogen) atoms. The number of benzene rings is 2. The Hall–Kier alpha value is -2.87. The average molecular weight is 448 g/mol. The first-order valence-corrected chi connectivity index (χ1v) is 9.43. The third kappa shape index (κ3) is 6.09. The molecule has 148 valence electrons. The smallest absolute Gasteiger partial charge is 0.269 e. The first-order chi connectivity index (χ1) is 13.3. The van der Waals surface area contributed by atoms with E-state index in [1.807, 2.05) is 13.8 Å². The average Bonchev–Trinajstić information content (AvgIpc) is 2.65. The summed E-state index contributed by atoms with van der Waals surface area (Å²) in [4.78, 5) is 36.1. The van der Waals surface area contributed by atoms with Crippen LogP contribution < -0.4 is 20.9 Å². The van der Waals surface area contributed by atoms with Gasteiger partial charge < -0.3 is 10.1 Å². The van der Waals surface area contributed by atoms with E-state index in [9.17, 15) is 14.4 Å². The highest BCUT2D eigenvalue weighted by Crippen LogP contribution is 2.25. The highest BCUT2D eigenvalue weighted by molar-refractivity contribution is 9.10. The van der Waals surface area contributed by atoms with Crippen LogP contribution in [-0.4, -0.2) is 24.8 Å². The zero-order valence-corrected chi connectivity index (χ0v) is 17.4. The van der Waals surface area contributed by atoms with Crippen molar-refractivity contribution in [3.05, 3.63) is 58.1 Å². The summed E-state index contributed by atoms with van der Waals surface area (Å²) in [6, 6.07) is 11.2. The summed E-state index contributed by atoms with van der Waals surface area (Å²) in [5.41, 5.74) is 6.03. The minimum absolute atomic E-state index is 0.0786. The van der Waals surface area contributed by atoms with Crippen LogP contribution in [0.5, 0.6) is 5.75 Å². The standard InChI is InChI=1S/C20H22BrN3O4/c1-12(2)10-18(25)22-15-7-4-13(5-8-15)19(26)23-24-20(27)14-6-9-17(28-3)16(21)11-14/h4-9,11-12H,10H2,1-3H3,(H,22,25)(H,23,26)(H,24,27). The second kappa shape index (κ2) is 9.89. The number of methoxy groups -OCH3 is 1. The predicted octanol–water partition coefficient (Wildman–Crippen LogP) is 3.52. The van der Waals surface area contributed by atoms with Gasteiger partial charge in [-0.1, -0.05) is 13.8 Å². The quantitative estimate of drug-likeness (QED) is 0.590. The number of carbonyl (C=O) groups is 3. The van der Waals surface area contributed by atoms with Gasteiger partial charge in [0.25, 0.3) is 11.8 Å². The topological polar surface area (TPSA) is 96.5 Å². The van der Waals surface area contributed by atoms with Crippen molar-refractivity contribution in [1.29, 1.82) is 0 Å². The summed E-state index contributed by atoms with van der Waals surface area (Å²) in [7, 11) is 1.53. The van der Waals surface area contributed by atoms with E-state index in [1.54, 1.807) is 42.5 Å². The molecular weight excluding hydrogens is 426 g/mol. The number of nitrogens with one attached hydrogen (secondary N) is 3. The molecule has 2 aromatic carbocycles. The fourth-order valence-electron chi connectivity index (χ4n) is 2.35. The second-order valence-corrected chi connectivity index (χ2v) is 7.34. The maximum absolute atomic E-state index is 12.2. The second-order valence-electron chi connectivity index (χ2n) is 6.48. The van der Waals surface area contributed by atoms with Crippen LogP contribution >= 0.6 is 15.9 Å². The van der Waals surface area contributed by atoms with Crippen LogP contribution in [0.15, 0.2) is 46.9 Å². The van der Waals surface area contributed by atoms with Crippen molar-refractivity contribution in [1.82, 2.24) is 10.9 Å². The number of hydrogen-bond acceptors (Lipinski definition) is 4. The van der Waals surface area contributed by atoms with E-state index in [2.05, 4.69) is 32.1 Å². The van der Waals surface area contributed by atoms with Gasteiger partial charge in [0, 0.05) is 23.2 Å². The Morgan fingerprint density at radius 1 is 0.964 bits per heavy atom. The van der Waals surface area contributed by atoms with Gasteiger partial charge in [-0.25, -0.2) is 0 Å². The number of rotatable bonds is 6. The van der Waals surface area contributed by atoms with Crippen molar-refractivity contribution in [3.8, 4) is 5.75 Å². The third-order valence-electron chi connectivity index (χ3n) is 3.73. The number of carbonyl (C=O) groups excluding carboxylic acids is 3. The van der Waals surface area contributed by atoms with E-state index in [0.717, 1.165) is 0 Å². The van der Waals surface area contributed by atoms with Crippen molar-refractivity contribution < 1.29 is 19.1 Å². The first-order valence-electron chi connectivity index (χ1n) is 8.64. The number of hydrogen-bond donors (Lipinski definition) is 3. The maximum Gasteiger partial charge on any atom is 0.269 e. The summed E-state index contributed by atoms with van der Waals surface area (Å²) < 4.78 is 5.74. The molecule has 0 bridgehead atoms. The van der Waals surface area contributed by atoms with Gasteiger partial charge in [0.15, 0.2) is 0 Å². The van der Waals surface area contributed by atoms with Crippen molar-refractivity contribution in [2.24, 2.45) is 5.92 Å². The molecule has 0 aliphatic heterocycles. The lowest BCUT2D eigenvalue weighted by molar-refractivity contribution is -0.116. The van der Waals surface area contributed by atoms with E-state index in [4.69, 9.17) is 4.74 Å². The summed E-state index contributed by atoms with van der Waals surface area (Å²) in [5, 5.41) is 2.77. The molecule has 0 radical (unpaired) electrons. The molecule has 3 N–H and O–H groups in total. The molecule has 0 aliphatic rings. The molecule has 0 fully saturated rings. The lowest BCUT2D eigenvalue weighted by atomic mass is 10.1. The summed E-state index contributed by atoms with van der Waals surface area (Å²) in [5.74, 6) is -0.151. The van der Waals surface area contributed by atoms with Gasteiger partial charge in [-0.05, 0) is 64.3 Å². The molecule has 2 rings (SSSR count). The van der Waals surface area contributed by atoms with E-state index in [0.29, 0.717) is 33.5 Å². The highest BCUT2D eigenvalue weighted by atomic mass is 79.9. The van der Waals surface area contributed by atoms with Crippen LogP contribution in [0.25, 0.3) is 0 Å². The van der Waals surface area contributed by atoms with Crippen molar-refractivity contribution in [2.75, 3.05) is 12.4 Å². The Bertz CT molecular complexity index is 866. The molecule has 0 heterocycles. The van der Waals surface area contributed by atoms with Crippen molar-refractivity contribution in [3.63, 3.8) is 0 Å². The van der Waals surface area contributed by atoms with Crippen LogP contribution in [0.2, 0.25) is 0 Å². The first kappa shape index (κ1) is 21.4. The van der Waals surface area contributed by atoms with Crippen LogP contribution in [0.4, 0.5) is 5.69 Å². The number of anilines is 1. The Morgan fingerprint density at radius 3 is 2.07 bits per heavy atom. The Morgan fingerprint density at radius 2 is 1.54 bits per heavy atom. The van der Waals surface area contributed by atoms with Crippen LogP contribution in [0.3, 0.4) is 0 Å². The van der Waals surface area contributed by atoms with Crippen LogP contribution in [0.1, 0.15) is 41.0 Å². The minimum atomic E-state index is -0.471. The number of ether oxygens (including phenoxy) is 1. The molecular formula is C20H22BrN3O4. The number of halogens is 1. The molecule has 0 aliphatic carbocycles. The lowest BCUT2D eigenvalue weighted by Gasteiger charge is -2.10.